The minimum Gasteiger partial charge on any atom is -0.335 e. The van der Waals surface area contributed by atoms with E-state index in [1.165, 1.54) is 0 Å². The van der Waals surface area contributed by atoms with Crippen LogP contribution < -0.4 is 0 Å². The van der Waals surface area contributed by atoms with E-state index < -0.39 is 5.92 Å². The van der Waals surface area contributed by atoms with Crippen molar-refractivity contribution < 1.29 is 8.78 Å². The van der Waals surface area contributed by atoms with Crippen LogP contribution in [-0.2, 0) is 6.54 Å². The van der Waals surface area contributed by atoms with Crippen LogP contribution in [-0.4, -0.2) is 59.0 Å². The average molecular weight is 509 g/mol. The topological polar surface area (TPSA) is 99.3 Å². The molecule has 0 bridgehead atoms. The van der Waals surface area contributed by atoms with Crippen LogP contribution in [0.3, 0.4) is 0 Å². The van der Waals surface area contributed by atoms with Crippen LogP contribution in [0.4, 0.5) is 8.78 Å². The molecule has 7 rings (SSSR count). The Kier molecular flexibility index (Phi) is 5.22. The molecule has 1 saturated heterocycles. The largest absolute Gasteiger partial charge is 0.335 e. The van der Waals surface area contributed by atoms with E-state index in [-0.39, 0.29) is 13.0 Å². The molecule has 0 atom stereocenters. The maximum Gasteiger partial charge on any atom is 0.261 e. The number of hydrogen-bond acceptors (Lipinski definition) is 6. The first-order valence-electron chi connectivity index (χ1n) is 12.3. The van der Waals surface area contributed by atoms with E-state index in [0.717, 1.165) is 44.2 Å². The number of pyridine rings is 3. The van der Waals surface area contributed by atoms with Crippen LogP contribution in [0.1, 0.15) is 12.0 Å². The van der Waals surface area contributed by atoms with Crippen LogP contribution in [0.5, 0.6) is 0 Å². The summed E-state index contributed by atoms with van der Waals surface area (Å²) in [6, 6.07) is 13.9. The van der Waals surface area contributed by atoms with Gasteiger partial charge in [0.25, 0.3) is 5.92 Å². The minimum atomic E-state index is -2.61. The lowest BCUT2D eigenvalue weighted by molar-refractivity contribution is 0.0115. The molecule has 0 unspecified atom stereocenters. The van der Waals surface area contributed by atoms with Gasteiger partial charge in [-0.2, -0.15) is 5.10 Å². The average Bonchev–Trinajstić information content (AvgIpc) is 3.64. The van der Waals surface area contributed by atoms with Gasteiger partial charge in [0.2, 0.25) is 0 Å². The fourth-order valence-corrected chi connectivity index (χ4v) is 5.10. The molecule has 2 N–H and O–H groups in total. The van der Waals surface area contributed by atoms with E-state index in [4.69, 9.17) is 4.98 Å². The van der Waals surface area contributed by atoms with Gasteiger partial charge in [0, 0.05) is 67.0 Å². The number of nitrogens with one attached hydrogen (secondary N) is 2. The van der Waals surface area contributed by atoms with Gasteiger partial charge in [0.1, 0.15) is 5.69 Å². The highest BCUT2D eigenvalue weighted by Gasteiger charge is 2.37. The zero-order valence-electron chi connectivity index (χ0n) is 20.2. The van der Waals surface area contributed by atoms with Crippen LogP contribution >= 0.6 is 0 Å². The molecule has 38 heavy (non-hydrogen) atoms. The van der Waals surface area contributed by atoms with Crippen molar-refractivity contribution in [3.63, 3.8) is 0 Å². The Hall–Kier alpha value is -4.57. The monoisotopic (exact) mass is 508 g/mol. The van der Waals surface area contributed by atoms with Gasteiger partial charge in [-0.15, -0.1) is 0 Å². The molecule has 6 aromatic rings. The predicted molar refractivity (Wildman–Crippen MR) is 140 cm³/mol. The molecule has 0 saturated carbocycles. The normalized spacial score (nSPS) is 15.5. The molecule has 1 aliphatic heterocycles. The second-order valence-electron chi connectivity index (χ2n) is 9.61. The standard InChI is InChI=1S/C28H22F2N8/c29-28(30)6-10-38(16-28)15-17-11-20(14-32-13-17)19-1-2-23-22(12-19)25(37-36-23)27-34-24-21(5-9-33-26(24)35-27)18-3-7-31-8-4-18/h1-5,7-9,11-14H,6,10,15-16H2,(H,36,37)(H,33,34,35). The number of rotatable bonds is 5. The van der Waals surface area contributed by atoms with E-state index in [9.17, 15) is 8.78 Å². The molecule has 0 amide bonds. The summed E-state index contributed by atoms with van der Waals surface area (Å²) in [5, 5.41) is 8.54. The van der Waals surface area contributed by atoms with E-state index >= 15 is 0 Å². The van der Waals surface area contributed by atoms with E-state index in [1.807, 2.05) is 42.5 Å². The highest BCUT2D eigenvalue weighted by Crippen LogP contribution is 2.33. The number of fused-ring (bicyclic) bond motifs is 2. The summed E-state index contributed by atoms with van der Waals surface area (Å²) in [6.07, 6.45) is 8.69. The molecule has 1 fully saturated rings. The van der Waals surface area contributed by atoms with Crippen LogP contribution in [0.2, 0.25) is 0 Å². The molecular weight excluding hydrogens is 486 g/mol. The first-order chi connectivity index (χ1) is 18.5. The van der Waals surface area contributed by atoms with Crippen molar-refractivity contribution in [3.05, 3.63) is 79.0 Å². The van der Waals surface area contributed by atoms with Crippen molar-refractivity contribution in [3.8, 4) is 33.8 Å². The van der Waals surface area contributed by atoms with E-state index in [0.29, 0.717) is 30.3 Å². The third-order valence-electron chi connectivity index (χ3n) is 6.95. The van der Waals surface area contributed by atoms with Crippen molar-refractivity contribution in [1.82, 2.24) is 40.0 Å². The highest BCUT2D eigenvalue weighted by molar-refractivity contribution is 5.97. The second kappa shape index (κ2) is 8.77. The lowest BCUT2D eigenvalue weighted by atomic mass is 10.0. The lowest BCUT2D eigenvalue weighted by Crippen LogP contribution is -2.24. The van der Waals surface area contributed by atoms with Crippen molar-refractivity contribution in [2.45, 2.75) is 18.9 Å². The summed E-state index contributed by atoms with van der Waals surface area (Å²) in [5.41, 5.74) is 7.74. The van der Waals surface area contributed by atoms with Crippen molar-refractivity contribution in [1.29, 1.82) is 0 Å². The first kappa shape index (κ1) is 22.6. The Morgan fingerprint density at radius 2 is 1.82 bits per heavy atom. The third kappa shape index (κ3) is 4.08. The number of imidazole rings is 1. The second-order valence-corrected chi connectivity index (χ2v) is 9.61. The van der Waals surface area contributed by atoms with Gasteiger partial charge in [-0.3, -0.25) is 20.0 Å². The quantitative estimate of drug-likeness (QED) is 0.321. The summed E-state index contributed by atoms with van der Waals surface area (Å²) in [6.45, 7) is 0.620. The van der Waals surface area contributed by atoms with Gasteiger partial charge >= 0.3 is 0 Å². The maximum absolute atomic E-state index is 13.6. The Labute approximate surface area is 215 Å². The van der Waals surface area contributed by atoms with Gasteiger partial charge in [-0.1, -0.05) is 6.07 Å². The van der Waals surface area contributed by atoms with Crippen molar-refractivity contribution in [2.24, 2.45) is 0 Å². The zero-order valence-corrected chi connectivity index (χ0v) is 20.2. The highest BCUT2D eigenvalue weighted by atomic mass is 19.3. The zero-order chi connectivity index (χ0) is 25.7. The number of likely N-dealkylation sites (tertiary alicyclic amines) is 1. The van der Waals surface area contributed by atoms with Crippen molar-refractivity contribution >= 4 is 22.1 Å². The van der Waals surface area contributed by atoms with E-state index in [2.05, 4.69) is 30.1 Å². The number of aromatic amines is 2. The maximum atomic E-state index is 13.6. The number of nitrogens with zero attached hydrogens (tertiary/aromatic N) is 6. The fourth-order valence-electron chi connectivity index (χ4n) is 5.10. The molecule has 5 aromatic heterocycles. The predicted octanol–water partition coefficient (Wildman–Crippen LogP) is 5.47. The molecule has 0 radical (unpaired) electrons. The Morgan fingerprint density at radius 3 is 2.66 bits per heavy atom. The fraction of sp³-hybridized carbons (Fsp3) is 0.179. The lowest BCUT2D eigenvalue weighted by Gasteiger charge is -2.15. The van der Waals surface area contributed by atoms with E-state index in [1.54, 1.807) is 35.9 Å². The van der Waals surface area contributed by atoms with Gasteiger partial charge in [0.05, 0.1) is 17.6 Å². The molecule has 0 spiro atoms. The Bertz CT molecular complexity index is 1780. The summed E-state index contributed by atoms with van der Waals surface area (Å²) in [7, 11) is 0. The Morgan fingerprint density at radius 1 is 0.921 bits per heavy atom. The molecule has 8 nitrogen and oxygen atoms in total. The molecule has 1 aliphatic rings. The summed E-state index contributed by atoms with van der Waals surface area (Å²) in [5.74, 6) is -2.00. The molecule has 0 aliphatic carbocycles. The number of H-pyrrole nitrogens is 2. The third-order valence-corrected chi connectivity index (χ3v) is 6.95. The van der Waals surface area contributed by atoms with Gasteiger partial charge in [0.15, 0.2) is 11.5 Å². The van der Waals surface area contributed by atoms with Gasteiger partial charge in [-0.05, 0) is 53.1 Å². The minimum absolute atomic E-state index is 0.0958. The van der Waals surface area contributed by atoms with Gasteiger partial charge < -0.3 is 4.98 Å². The summed E-state index contributed by atoms with van der Waals surface area (Å²) >= 11 is 0. The Balaban J connectivity index is 1.24. The number of halogens is 2. The molecule has 6 heterocycles. The summed E-state index contributed by atoms with van der Waals surface area (Å²) in [4.78, 5) is 22.9. The SMILES string of the molecule is FC1(F)CCN(Cc2cncc(-c3ccc4[nH]nc(-c5nc6nccc(-c7ccncc7)c6[nH]5)c4c3)c2)C1. The molecule has 188 valence electrons. The number of hydrogen-bond donors (Lipinski definition) is 2. The first-order valence-corrected chi connectivity index (χ1v) is 12.3. The van der Waals surface area contributed by atoms with Crippen LogP contribution in [0.15, 0.2) is 73.4 Å². The summed E-state index contributed by atoms with van der Waals surface area (Å²) < 4.78 is 27.3. The molecular formula is C28H22F2N8. The smallest absolute Gasteiger partial charge is 0.261 e. The number of alkyl halides is 2. The van der Waals surface area contributed by atoms with Crippen LogP contribution in [0.25, 0.3) is 55.8 Å². The van der Waals surface area contributed by atoms with Gasteiger partial charge in [-0.25, -0.2) is 18.7 Å². The molecule has 10 heteroatoms. The van der Waals surface area contributed by atoms with Crippen LogP contribution in [0, 0.1) is 0 Å². The number of benzene rings is 1. The molecule has 1 aromatic carbocycles. The number of aromatic nitrogens is 7. The van der Waals surface area contributed by atoms with Crippen molar-refractivity contribution in [2.75, 3.05) is 13.1 Å².